The number of benzene rings is 4. The van der Waals surface area contributed by atoms with Crippen LogP contribution in [0.5, 0.6) is 5.75 Å². The number of methoxy groups -OCH3 is 1. The summed E-state index contributed by atoms with van der Waals surface area (Å²) in [6, 6.07) is 37.2. The van der Waals surface area contributed by atoms with Crippen molar-refractivity contribution in [1.29, 1.82) is 0 Å². The Morgan fingerprint density at radius 3 is 1.63 bits per heavy atom. The minimum Gasteiger partial charge on any atom is -0.497 e. The number of carbonyl (C=O) groups is 1. The van der Waals surface area contributed by atoms with Gasteiger partial charge in [0.15, 0.2) is 5.78 Å². The van der Waals surface area contributed by atoms with E-state index in [9.17, 15) is 9.82 Å². The fourth-order valence-corrected chi connectivity index (χ4v) is 5.47. The van der Waals surface area contributed by atoms with Crippen LogP contribution in [0.2, 0.25) is 0 Å². The number of ketones is 1. The Hall–Kier alpha value is -3.36. The fraction of sp³-hybridized carbons (Fsp3) is 0.194. The molecule has 4 aromatic rings. The first-order valence-corrected chi connectivity index (χ1v) is 13.3. The monoisotopic (exact) mass is 526 g/mol. The lowest BCUT2D eigenvalue weighted by Crippen LogP contribution is -2.53. The van der Waals surface area contributed by atoms with Gasteiger partial charge in [-0.3, -0.25) is 4.79 Å². The van der Waals surface area contributed by atoms with E-state index in [4.69, 9.17) is 13.5 Å². The Morgan fingerprint density at radius 1 is 0.763 bits per heavy atom. The molecular weight excluding hydrogens is 495 g/mol. The topological polar surface area (TPSA) is 65.0 Å². The predicted molar refractivity (Wildman–Crippen MR) is 153 cm³/mol. The van der Waals surface area contributed by atoms with Gasteiger partial charge in [0, 0.05) is 5.56 Å². The summed E-state index contributed by atoms with van der Waals surface area (Å²) in [6.45, 7) is 3.89. The molecule has 0 aromatic heterocycles. The molecule has 5 nitrogen and oxygen atoms in total. The van der Waals surface area contributed by atoms with Gasteiger partial charge in [0.05, 0.1) is 23.9 Å². The molecule has 0 spiro atoms. The predicted octanol–water partition coefficient (Wildman–Crippen LogP) is 6.35. The lowest BCUT2D eigenvalue weighted by atomic mass is 9.60. The molecule has 0 unspecified atom stereocenters. The SMILES string of the molecule is COc1ccc(C(=O)CSOB(O)OC(C)(C)C(c2ccccc2)(c2ccccc2)c2ccccc2)cc1. The molecule has 38 heavy (non-hydrogen) atoms. The second-order valence-electron chi connectivity index (χ2n) is 9.29. The first-order valence-electron chi connectivity index (χ1n) is 12.4. The van der Waals surface area contributed by atoms with Crippen LogP contribution in [0, 0.1) is 0 Å². The van der Waals surface area contributed by atoms with E-state index in [2.05, 4.69) is 36.4 Å². The summed E-state index contributed by atoms with van der Waals surface area (Å²) < 4.78 is 16.9. The second kappa shape index (κ2) is 12.5. The first kappa shape index (κ1) is 27.7. The number of carbonyl (C=O) groups excluding carboxylic acids is 1. The van der Waals surface area contributed by atoms with E-state index >= 15 is 0 Å². The molecule has 4 aromatic carbocycles. The van der Waals surface area contributed by atoms with Gasteiger partial charge in [0.2, 0.25) is 0 Å². The van der Waals surface area contributed by atoms with E-state index in [1.54, 1.807) is 31.4 Å². The van der Waals surface area contributed by atoms with Gasteiger partial charge < -0.3 is 18.5 Å². The van der Waals surface area contributed by atoms with Gasteiger partial charge in [-0.05, 0) is 66.8 Å². The van der Waals surface area contributed by atoms with Crippen LogP contribution in [-0.4, -0.2) is 36.6 Å². The zero-order valence-electron chi connectivity index (χ0n) is 21.7. The molecule has 0 saturated heterocycles. The molecule has 0 heterocycles. The smallest absolute Gasteiger partial charge is 0.497 e. The fourth-order valence-electron chi connectivity index (χ4n) is 4.97. The number of Topliss-reactive ketones (excluding diaryl/α,β-unsaturated/α-hetero) is 1. The zero-order valence-corrected chi connectivity index (χ0v) is 22.6. The van der Waals surface area contributed by atoms with Crippen molar-refractivity contribution in [2.45, 2.75) is 24.9 Å². The molecule has 0 radical (unpaired) electrons. The summed E-state index contributed by atoms with van der Waals surface area (Å²) in [7, 11) is 0.0000340. The van der Waals surface area contributed by atoms with Crippen LogP contribution in [-0.2, 0) is 14.2 Å². The maximum absolute atomic E-state index is 12.6. The summed E-state index contributed by atoms with van der Waals surface area (Å²) in [6.07, 6.45) is 0. The molecule has 0 atom stereocenters. The van der Waals surface area contributed by atoms with Gasteiger partial charge in [-0.15, -0.1) is 0 Å². The summed E-state index contributed by atoms with van der Waals surface area (Å²) in [5.41, 5.74) is 1.79. The highest BCUT2D eigenvalue weighted by Gasteiger charge is 2.51. The second-order valence-corrected chi connectivity index (χ2v) is 10.0. The maximum Gasteiger partial charge on any atom is 0.648 e. The molecule has 4 rings (SSSR count). The van der Waals surface area contributed by atoms with Gasteiger partial charge >= 0.3 is 7.32 Å². The van der Waals surface area contributed by atoms with Crippen molar-refractivity contribution in [3.8, 4) is 5.75 Å². The molecule has 0 aliphatic rings. The summed E-state index contributed by atoms with van der Waals surface area (Å²) in [4.78, 5) is 12.6. The van der Waals surface area contributed by atoms with E-state index in [1.165, 1.54) is 0 Å². The Morgan fingerprint density at radius 2 is 1.21 bits per heavy atom. The van der Waals surface area contributed by atoms with Gasteiger partial charge in [0.1, 0.15) is 5.75 Å². The van der Waals surface area contributed by atoms with Gasteiger partial charge in [0.25, 0.3) is 0 Å². The third kappa shape index (κ3) is 5.87. The lowest BCUT2D eigenvalue weighted by Gasteiger charge is -2.48. The van der Waals surface area contributed by atoms with Crippen LogP contribution in [0.25, 0.3) is 0 Å². The Balaban J connectivity index is 1.59. The third-order valence-electron chi connectivity index (χ3n) is 6.67. The first-order chi connectivity index (χ1) is 18.4. The third-order valence-corrected chi connectivity index (χ3v) is 7.35. The largest absolute Gasteiger partial charge is 0.648 e. The molecule has 194 valence electrons. The van der Waals surface area contributed by atoms with Crippen molar-refractivity contribution >= 4 is 25.1 Å². The van der Waals surface area contributed by atoms with E-state index < -0.39 is 18.3 Å². The van der Waals surface area contributed by atoms with Crippen LogP contribution < -0.4 is 4.74 Å². The van der Waals surface area contributed by atoms with Crippen LogP contribution in [0.3, 0.4) is 0 Å². The normalized spacial score (nSPS) is 11.7. The van der Waals surface area contributed by atoms with Gasteiger partial charge in [-0.2, -0.15) is 0 Å². The van der Waals surface area contributed by atoms with Crippen molar-refractivity contribution in [2.24, 2.45) is 0 Å². The molecule has 7 heteroatoms. The van der Waals surface area contributed by atoms with Crippen LogP contribution in [0.1, 0.15) is 40.9 Å². The maximum atomic E-state index is 12.6. The average molecular weight is 526 g/mol. The highest BCUT2D eigenvalue weighted by molar-refractivity contribution is 7.96. The van der Waals surface area contributed by atoms with E-state index in [0.29, 0.717) is 11.3 Å². The minimum atomic E-state index is -1.57. The summed E-state index contributed by atoms with van der Waals surface area (Å²) >= 11 is 0.857. The van der Waals surface area contributed by atoms with Crippen LogP contribution in [0.4, 0.5) is 0 Å². The van der Waals surface area contributed by atoms with Crippen LogP contribution >= 0.6 is 12.0 Å². The van der Waals surface area contributed by atoms with Crippen molar-refractivity contribution < 1.29 is 23.3 Å². The van der Waals surface area contributed by atoms with Crippen molar-refractivity contribution in [3.63, 3.8) is 0 Å². The number of hydrogen-bond acceptors (Lipinski definition) is 6. The Labute approximate surface area is 229 Å². The van der Waals surface area contributed by atoms with Crippen LogP contribution in [0.15, 0.2) is 115 Å². The highest BCUT2D eigenvalue weighted by Crippen LogP contribution is 2.49. The quantitative estimate of drug-likeness (QED) is 0.100. The van der Waals surface area contributed by atoms with E-state index in [1.807, 2.05) is 68.4 Å². The standard InChI is InChI=1S/C31H31BO5S/c1-30(2,36-32(34)37-38-23-29(33)24-19-21-28(35-3)22-20-24)31(25-13-7-4-8-14-25,26-15-9-5-10-16-26)27-17-11-6-12-18-27/h4-22,34H,23H2,1-3H3. The molecule has 0 aliphatic carbocycles. The van der Waals surface area contributed by atoms with E-state index in [0.717, 1.165) is 28.7 Å². The molecular formula is C31H31BO5S. The van der Waals surface area contributed by atoms with Crippen molar-refractivity contribution in [2.75, 3.05) is 12.9 Å². The van der Waals surface area contributed by atoms with Crippen molar-refractivity contribution in [3.05, 3.63) is 138 Å². The zero-order chi connectivity index (χ0) is 27.0. The average Bonchev–Trinajstić information content (AvgIpc) is 2.95. The molecule has 0 bridgehead atoms. The van der Waals surface area contributed by atoms with Crippen molar-refractivity contribution in [1.82, 2.24) is 0 Å². The van der Waals surface area contributed by atoms with E-state index in [-0.39, 0.29) is 11.5 Å². The van der Waals surface area contributed by atoms with Gasteiger partial charge in [-0.1, -0.05) is 91.0 Å². The highest BCUT2D eigenvalue weighted by atomic mass is 32.2. The molecule has 0 fully saturated rings. The summed E-state index contributed by atoms with van der Waals surface area (Å²) in [5.74, 6) is 0.570. The molecule has 0 saturated carbocycles. The van der Waals surface area contributed by atoms with Gasteiger partial charge in [-0.25, -0.2) is 0 Å². The molecule has 1 N–H and O–H groups in total. The lowest BCUT2D eigenvalue weighted by molar-refractivity contribution is 0.0156. The summed E-state index contributed by atoms with van der Waals surface area (Å²) in [5, 5.41) is 10.8. The minimum absolute atomic E-state index is 0.0222. The molecule has 0 aliphatic heterocycles. The number of ether oxygens (including phenoxy) is 1. The molecule has 0 amide bonds. The number of hydrogen-bond donors (Lipinski definition) is 1. The Bertz CT molecular complexity index is 1200. The number of rotatable bonds is 12. The Kier molecular flexibility index (Phi) is 9.07.